The lowest BCUT2D eigenvalue weighted by molar-refractivity contribution is 0.0914. The molecule has 0 spiro atoms. The Balaban J connectivity index is 1.59. The number of aryl methyl sites for hydroxylation is 1. The van der Waals surface area contributed by atoms with Gasteiger partial charge in [0.05, 0.1) is 12.3 Å². The molecule has 2 aromatic rings. The Bertz CT molecular complexity index is 765. The monoisotopic (exact) mass is 401 g/mol. The van der Waals surface area contributed by atoms with Crippen LogP contribution < -0.4 is 10.1 Å². The van der Waals surface area contributed by atoms with E-state index in [0.717, 1.165) is 52.8 Å². The van der Waals surface area contributed by atoms with Gasteiger partial charge in [-0.3, -0.25) is 4.79 Å². The van der Waals surface area contributed by atoms with Crippen molar-refractivity contribution in [2.75, 3.05) is 26.2 Å². The number of ether oxygens (including phenoxy) is 1. The molecule has 1 aliphatic rings. The highest BCUT2D eigenvalue weighted by Crippen LogP contribution is 2.29. The second-order valence-electron chi connectivity index (χ2n) is 7.33. The molecule has 1 fully saturated rings. The van der Waals surface area contributed by atoms with Crippen molar-refractivity contribution >= 4 is 17.2 Å². The van der Waals surface area contributed by atoms with Gasteiger partial charge in [0.2, 0.25) is 0 Å². The van der Waals surface area contributed by atoms with E-state index in [4.69, 9.17) is 4.74 Å². The fraction of sp³-hybridized carbons (Fsp3) is 0.545. The Morgan fingerprint density at radius 1 is 1.25 bits per heavy atom. The summed E-state index contributed by atoms with van der Waals surface area (Å²) >= 11 is 1.47. The molecule has 1 N–H and O–H groups in total. The van der Waals surface area contributed by atoms with Gasteiger partial charge < -0.3 is 15.0 Å². The van der Waals surface area contributed by atoms with Gasteiger partial charge in [-0.15, -0.1) is 11.3 Å². The van der Waals surface area contributed by atoms with E-state index in [1.165, 1.54) is 30.7 Å². The number of nitrogens with zero attached hydrogens (tertiary/aromatic N) is 2. The molecule has 1 saturated heterocycles. The highest BCUT2D eigenvalue weighted by molar-refractivity contribution is 7.17. The lowest BCUT2D eigenvalue weighted by atomic mass is 10.0. The minimum absolute atomic E-state index is 0.0131. The van der Waals surface area contributed by atoms with Crippen LogP contribution in [0, 0.1) is 6.92 Å². The smallest absolute Gasteiger partial charge is 0.263 e. The molecule has 0 saturated carbocycles. The lowest BCUT2D eigenvalue weighted by Gasteiger charge is -2.32. The van der Waals surface area contributed by atoms with E-state index in [2.05, 4.69) is 22.1 Å². The normalized spacial score (nSPS) is 15.5. The molecule has 0 atom stereocenters. The summed E-state index contributed by atoms with van der Waals surface area (Å²) in [7, 11) is 0. The molecule has 0 unspecified atom stereocenters. The van der Waals surface area contributed by atoms with Gasteiger partial charge in [0.25, 0.3) is 5.91 Å². The van der Waals surface area contributed by atoms with E-state index in [0.29, 0.717) is 6.61 Å². The number of hydrogen-bond acceptors (Lipinski definition) is 5. The Morgan fingerprint density at radius 2 is 1.96 bits per heavy atom. The lowest BCUT2D eigenvalue weighted by Crippen LogP contribution is -2.44. The number of hydrogen-bond donors (Lipinski definition) is 1. The number of amides is 1. The van der Waals surface area contributed by atoms with Crippen molar-refractivity contribution in [2.24, 2.45) is 0 Å². The quantitative estimate of drug-likeness (QED) is 0.707. The first kappa shape index (κ1) is 20.8. The van der Waals surface area contributed by atoms with Crippen LogP contribution in [-0.4, -0.2) is 48.1 Å². The van der Waals surface area contributed by atoms with Crippen LogP contribution in [0.4, 0.5) is 0 Å². The standard InChI is InChI=1S/C22H31N3O2S/c1-4-6-13-25-14-11-18(12-15-25)24-21(26)20-16(3)23-22(28-20)17-7-9-19(10-8-17)27-5-2/h7-10,18H,4-6,11-15H2,1-3H3,(H,24,26). The maximum atomic E-state index is 12.8. The predicted molar refractivity (Wildman–Crippen MR) is 115 cm³/mol. The number of likely N-dealkylation sites (tertiary alicyclic amines) is 1. The van der Waals surface area contributed by atoms with Gasteiger partial charge >= 0.3 is 0 Å². The van der Waals surface area contributed by atoms with Crippen molar-refractivity contribution in [2.45, 2.75) is 52.5 Å². The maximum Gasteiger partial charge on any atom is 0.263 e. The highest BCUT2D eigenvalue weighted by Gasteiger charge is 2.23. The SMILES string of the molecule is CCCCN1CCC(NC(=O)c2sc(-c3ccc(OCC)cc3)nc2C)CC1. The first-order valence-electron chi connectivity index (χ1n) is 10.3. The third kappa shape index (κ3) is 5.32. The van der Waals surface area contributed by atoms with Crippen LogP contribution in [0.3, 0.4) is 0 Å². The molecule has 6 heteroatoms. The minimum Gasteiger partial charge on any atom is -0.494 e. The molecule has 3 rings (SSSR count). The van der Waals surface area contributed by atoms with E-state index in [1.54, 1.807) is 0 Å². The van der Waals surface area contributed by atoms with E-state index in [-0.39, 0.29) is 11.9 Å². The van der Waals surface area contributed by atoms with Crippen LogP contribution in [0.15, 0.2) is 24.3 Å². The Morgan fingerprint density at radius 3 is 2.61 bits per heavy atom. The highest BCUT2D eigenvalue weighted by atomic mass is 32.1. The van der Waals surface area contributed by atoms with Gasteiger partial charge in [0.15, 0.2) is 0 Å². The van der Waals surface area contributed by atoms with Crippen molar-refractivity contribution in [1.29, 1.82) is 0 Å². The van der Waals surface area contributed by atoms with Crippen LogP contribution >= 0.6 is 11.3 Å². The zero-order valence-corrected chi connectivity index (χ0v) is 18.0. The Hall–Kier alpha value is -1.92. The van der Waals surface area contributed by atoms with Gasteiger partial charge in [-0.25, -0.2) is 4.98 Å². The number of nitrogens with one attached hydrogen (secondary N) is 1. The molecular formula is C22H31N3O2S. The van der Waals surface area contributed by atoms with E-state index < -0.39 is 0 Å². The van der Waals surface area contributed by atoms with Crippen molar-refractivity contribution in [3.8, 4) is 16.3 Å². The average Bonchev–Trinajstić information content (AvgIpc) is 3.10. The van der Waals surface area contributed by atoms with Crippen molar-refractivity contribution in [3.05, 3.63) is 34.8 Å². The van der Waals surface area contributed by atoms with E-state index >= 15 is 0 Å². The third-order valence-electron chi connectivity index (χ3n) is 5.17. The zero-order chi connectivity index (χ0) is 19.9. The number of benzene rings is 1. The molecular weight excluding hydrogens is 370 g/mol. The average molecular weight is 402 g/mol. The van der Waals surface area contributed by atoms with Gasteiger partial charge in [-0.05, 0) is 63.9 Å². The van der Waals surface area contributed by atoms with Crippen LogP contribution in [0.5, 0.6) is 5.75 Å². The number of unbranched alkanes of at least 4 members (excludes halogenated alkanes) is 1. The largest absolute Gasteiger partial charge is 0.494 e. The molecule has 1 aromatic heterocycles. The topological polar surface area (TPSA) is 54.5 Å². The summed E-state index contributed by atoms with van der Waals surface area (Å²) in [5, 5.41) is 4.10. The minimum atomic E-state index is 0.0131. The zero-order valence-electron chi connectivity index (χ0n) is 17.2. The number of carbonyl (C=O) groups is 1. The summed E-state index contributed by atoms with van der Waals surface area (Å²) in [5.41, 5.74) is 1.81. The summed E-state index contributed by atoms with van der Waals surface area (Å²) < 4.78 is 5.49. The molecule has 5 nitrogen and oxygen atoms in total. The Labute approximate surface area is 172 Å². The van der Waals surface area contributed by atoms with Gasteiger partial charge in [0, 0.05) is 24.7 Å². The van der Waals surface area contributed by atoms with Crippen molar-refractivity contribution < 1.29 is 9.53 Å². The second-order valence-corrected chi connectivity index (χ2v) is 8.33. The molecule has 0 aliphatic carbocycles. The number of carbonyl (C=O) groups excluding carboxylic acids is 1. The molecule has 2 heterocycles. The summed E-state index contributed by atoms with van der Waals surface area (Å²) in [4.78, 5) is 20.6. The molecule has 28 heavy (non-hydrogen) atoms. The molecule has 152 valence electrons. The fourth-order valence-corrected chi connectivity index (χ4v) is 4.50. The molecule has 0 radical (unpaired) electrons. The molecule has 1 aromatic carbocycles. The first-order valence-corrected chi connectivity index (χ1v) is 11.2. The van der Waals surface area contributed by atoms with Gasteiger partial charge in [0.1, 0.15) is 15.6 Å². The second kappa shape index (κ2) is 10.0. The molecule has 1 aliphatic heterocycles. The van der Waals surface area contributed by atoms with E-state index in [1.807, 2.05) is 38.1 Å². The van der Waals surface area contributed by atoms with Crippen molar-refractivity contribution in [1.82, 2.24) is 15.2 Å². The maximum absolute atomic E-state index is 12.8. The Kier molecular flexibility index (Phi) is 7.45. The van der Waals surface area contributed by atoms with Crippen LogP contribution in [0.25, 0.3) is 10.6 Å². The van der Waals surface area contributed by atoms with Crippen molar-refractivity contribution in [3.63, 3.8) is 0 Å². The number of thiazole rings is 1. The predicted octanol–water partition coefficient (Wildman–Crippen LogP) is 4.51. The van der Waals surface area contributed by atoms with Gasteiger partial charge in [-0.1, -0.05) is 13.3 Å². The van der Waals surface area contributed by atoms with Crippen LogP contribution in [0.1, 0.15) is 54.9 Å². The summed E-state index contributed by atoms with van der Waals surface area (Å²) in [6.45, 7) is 10.1. The molecule has 0 bridgehead atoms. The summed E-state index contributed by atoms with van der Waals surface area (Å²) in [5.74, 6) is 0.863. The summed E-state index contributed by atoms with van der Waals surface area (Å²) in [6, 6.07) is 8.15. The van der Waals surface area contributed by atoms with Gasteiger partial charge in [-0.2, -0.15) is 0 Å². The third-order valence-corrected chi connectivity index (χ3v) is 6.37. The van der Waals surface area contributed by atoms with Crippen LogP contribution in [0.2, 0.25) is 0 Å². The summed E-state index contributed by atoms with van der Waals surface area (Å²) in [6.07, 6.45) is 4.54. The number of rotatable bonds is 8. The van der Waals surface area contributed by atoms with E-state index in [9.17, 15) is 4.79 Å². The fourth-order valence-electron chi connectivity index (χ4n) is 3.52. The van der Waals surface area contributed by atoms with Crippen LogP contribution in [-0.2, 0) is 0 Å². The number of aromatic nitrogens is 1. The first-order chi connectivity index (χ1) is 13.6. The molecule has 1 amide bonds. The number of piperidine rings is 1.